The maximum atomic E-state index is 12.0. The summed E-state index contributed by atoms with van der Waals surface area (Å²) < 4.78 is 12.6. The molecule has 0 spiro atoms. The number of amides is 1. The monoisotopic (exact) mass is 325 g/mol. The second-order valence-electron chi connectivity index (χ2n) is 5.25. The average molecular weight is 325 g/mol. The van der Waals surface area contributed by atoms with E-state index in [0.29, 0.717) is 11.4 Å². The lowest BCUT2D eigenvalue weighted by Gasteiger charge is -2.08. The number of hydrogen-bond acceptors (Lipinski definition) is 4. The minimum Gasteiger partial charge on any atom is -0.497 e. The summed E-state index contributed by atoms with van der Waals surface area (Å²) in [5.41, 5.74) is 2.60. The Kier molecular flexibility index (Phi) is 4.65. The zero-order valence-corrected chi connectivity index (χ0v) is 13.7. The van der Waals surface area contributed by atoms with Gasteiger partial charge in [-0.1, -0.05) is 0 Å². The van der Waals surface area contributed by atoms with Crippen LogP contribution in [0.3, 0.4) is 0 Å². The largest absolute Gasteiger partial charge is 0.497 e. The molecule has 0 aliphatic heterocycles. The van der Waals surface area contributed by atoms with Crippen LogP contribution in [0.15, 0.2) is 48.8 Å². The number of carbonyl (C=O) groups is 1. The van der Waals surface area contributed by atoms with Crippen molar-refractivity contribution in [2.24, 2.45) is 0 Å². The van der Waals surface area contributed by atoms with Crippen molar-refractivity contribution in [3.8, 4) is 11.5 Å². The molecular formula is C18H19N3O3. The van der Waals surface area contributed by atoms with E-state index in [1.807, 2.05) is 22.8 Å². The number of nitrogens with one attached hydrogen (secondary N) is 1. The molecule has 0 atom stereocenters. The Morgan fingerprint density at radius 3 is 2.62 bits per heavy atom. The van der Waals surface area contributed by atoms with Gasteiger partial charge in [-0.2, -0.15) is 0 Å². The molecule has 2 aromatic carbocycles. The number of aryl methyl sites for hydroxylation is 1. The van der Waals surface area contributed by atoms with Crippen LogP contribution in [0.2, 0.25) is 0 Å². The zero-order valence-electron chi connectivity index (χ0n) is 13.7. The number of hydrogen-bond donors (Lipinski definition) is 1. The lowest BCUT2D eigenvalue weighted by molar-refractivity contribution is -0.118. The highest BCUT2D eigenvalue weighted by Crippen LogP contribution is 2.19. The third-order valence-corrected chi connectivity index (χ3v) is 3.67. The maximum absolute atomic E-state index is 12.0. The lowest BCUT2D eigenvalue weighted by Crippen LogP contribution is -2.20. The van der Waals surface area contributed by atoms with E-state index in [4.69, 9.17) is 9.47 Å². The number of ether oxygens (including phenoxy) is 2. The van der Waals surface area contributed by atoms with Crippen LogP contribution in [0.1, 0.15) is 6.92 Å². The minimum atomic E-state index is -0.222. The fourth-order valence-electron chi connectivity index (χ4n) is 2.41. The first-order valence-corrected chi connectivity index (χ1v) is 7.71. The van der Waals surface area contributed by atoms with Crippen molar-refractivity contribution in [1.29, 1.82) is 0 Å². The molecule has 0 aliphatic carbocycles. The number of imidazole rings is 1. The molecule has 1 N–H and O–H groups in total. The SMILES string of the molecule is CCn1cnc2cc(NC(=O)COc3ccc(OC)cc3)ccc21. The molecule has 0 unspecified atom stereocenters. The fourth-order valence-corrected chi connectivity index (χ4v) is 2.41. The van der Waals surface area contributed by atoms with Gasteiger partial charge in [0.15, 0.2) is 6.61 Å². The average Bonchev–Trinajstić information content (AvgIpc) is 3.02. The normalized spacial score (nSPS) is 10.6. The van der Waals surface area contributed by atoms with Gasteiger partial charge in [0, 0.05) is 12.2 Å². The van der Waals surface area contributed by atoms with E-state index in [0.717, 1.165) is 23.3 Å². The molecule has 3 aromatic rings. The van der Waals surface area contributed by atoms with Gasteiger partial charge in [-0.15, -0.1) is 0 Å². The van der Waals surface area contributed by atoms with Crippen molar-refractivity contribution < 1.29 is 14.3 Å². The summed E-state index contributed by atoms with van der Waals surface area (Å²) >= 11 is 0. The molecule has 0 saturated carbocycles. The molecule has 0 bridgehead atoms. The molecule has 0 radical (unpaired) electrons. The van der Waals surface area contributed by atoms with Crippen molar-refractivity contribution in [2.45, 2.75) is 13.5 Å². The topological polar surface area (TPSA) is 65.4 Å². The predicted molar refractivity (Wildman–Crippen MR) is 92.5 cm³/mol. The van der Waals surface area contributed by atoms with E-state index < -0.39 is 0 Å². The maximum Gasteiger partial charge on any atom is 0.262 e. The number of rotatable bonds is 6. The van der Waals surface area contributed by atoms with Crippen LogP contribution in [-0.2, 0) is 11.3 Å². The van der Waals surface area contributed by atoms with Gasteiger partial charge < -0.3 is 19.4 Å². The third-order valence-electron chi connectivity index (χ3n) is 3.67. The Labute approximate surface area is 140 Å². The quantitative estimate of drug-likeness (QED) is 0.756. The van der Waals surface area contributed by atoms with Crippen molar-refractivity contribution >= 4 is 22.6 Å². The Balaban J connectivity index is 1.59. The van der Waals surface area contributed by atoms with Gasteiger partial charge in [0.2, 0.25) is 0 Å². The molecule has 0 fully saturated rings. The van der Waals surface area contributed by atoms with E-state index in [1.165, 1.54) is 0 Å². The van der Waals surface area contributed by atoms with Gasteiger partial charge in [0.25, 0.3) is 5.91 Å². The van der Waals surface area contributed by atoms with E-state index in [2.05, 4.69) is 17.2 Å². The molecule has 124 valence electrons. The van der Waals surface area contributed by atoms with Crippen LogP contribution in [-0.4, -0.2) is 29.2 Å². The second-order valence-corrected chi connectivity index (χ2v) is 5.25. The van der Waals surface area contributed by atoms with Crippen LogP contribution in [0.4, 0.5) is 5.69 Å². The molecule has 24 heavy (non-hydrogen) atoms. The molecule has 1 amide bonds. The summed E-state index contributed by atoms with van der Waals surface area (Å²) in [4.78, 5) is 16.4. The Bertz CT molecular complexity index is 840. The first-order valence-electron chi connectivity index (χ1n) is 7.71. The summed E-state index contributed by atoms with van der Waals surface area (Å²) in [6.45, 7) is 2.86. The van der Waals surface area contributed by atoms with Gasteiger partial charge in [-0.25, -0.2) is 4.98 Å². The number of carbonyl (C=O) groups excluding carboxylic acids is 1. The predicted octanol–water partition coefficient (Wildman–Crippen LogP) is 3.08. The minimum absolute atomic E-state index is 0.0617. The Morgan fingerprint density at radius 1 is 1.17 bits per heavy atom. The van der Waals surface area contributed by atoms with Crippen LogP contribution in [0.5, 0.6) is 11.5 Å². The molecule has 0 saturated heterocycles. The molecule has 0 aliphatic rings. The highest BCUT2D eigenvalue weighted by molar-refractivity contribution is 5.94. The number of fused-ring (bicyclic) bond motifs is 1. The smallest absolute Gasteiger partial charge is 0.262 e. The van der Waals surface area contributed by atoms with Gasteiger partial charge in [-0.05, 0) is 49.4 Å². The van der Waals surface area contributed by atoms with Crippen LogP contribution in [0, 0.1) is 0 Å². The van der Waals surface area contributed by atoms with Gasteiger partial charge in [0.1, 0.15) is 11.5 Å². The molecule has 1 aromatic heterocycles. The number of methoxy groups -OCH3 is 1. The van der Waals surface area contributed by atoms with E-state index in [1.54, 1.807) is 37.7 Å². The first-order chi connectivity index (χ1) is 11.7. The van der Waals surface area contributed by atoms with Crippen LogP contribution in [0.25, 0.3) is 11.0 Å². The van der Waals surface area contributed by atoms with Gasteiger partial charge in [0.05, 0.1) is 24.5 Å². The highest BCUT2D eigenvalue weighted by Gasteiger charge is 2.07. The summed E-state index contributed by atoms with van der Waals surface area (Å²) in [5, 5.41) is 2.82. The molecular weight excluding hydrogens is 306 g/mol. The standard InChI is InChI=1S/C18H19N3O3/c1-3-21-12-19-16-10-13(4-9-17(16)21)20-18(22)11-24-15-7-5-14(23-2)6-8-15/h4-10,12H,3,11H2,1-2H3,(H,20,22). The van der Waals surface area contributed by atoms with Crippen molar-refractivity contribution in [1.82, 2.24) is 9.55 Å². The van der Waals surface area contributed by atoms with E-state index in [9.17, 15) is 4.79 Å². The van der Waals surface area contributed by atoms with Crippen molar-refractivity contribution in [2.75, 3.05) is 19.0 Å². The van der Waals surface area contributed by atoms with E-state index in [-0.39, 0.29) is 12.5 Å². The summed E-state index contributed by atoms with van der Waals surface area (Å²) in [7, 11) is 1.60. The fraction of sp³-hybridized carbons (Fsp3) is 0.222. The number of aromatic nitrogens is 2. The Hall–Kier alpha value is -3.02. The molecule has 6 heteroatoms. The summed E-state index contributed by atoms with van der Waals surface area (Å²) in [6.07, 6.45) is 1.79. The number of benzene rings is 2. The van der Waals surface area contributed by atoms with Gasteiger partial charge >= 0.3 is 0 Å². The zero-order chi connectivity index (χ0) is 16.9. The number of nitrogens with zero attached hydrogens (tertiary/aromatic N) is 2. The second kappa shape index (κ2) is 7.04. The van der Waals surface area contributed by atoms with Crippen molar-refractivity contribution in [3.05, 3.63) is 48.8 Å². The van der Waals surface area contributed by atoms with Crippen LogP contribution < -0.4 is 14.8 Å². The van der Waals surface area contributed by atoms with Crippen molar-refractivity contribution in [3.63, 3.8) is 0 Å². The lowest BCUT2D eigenvalue weighted by atomic mass is 10.2. The number of anilines is 1. The molecule has 6 nitrogen and oxygen atoms in total. The van der Waals surface area contributed by atoms with E-state index >= 15 is 0 Å². The van der Waals surface area contributed by atoms with Gasteiger partial charge in [-0.3, -0.25) is 4.79 Å². The summed E-state index contributed by atoms with van der Waals surface area (Å²) in [6, 6.07) is 12.8. The Morgan fingerprint density at radius 2 is 1.92 bits per heavy atom. The first kappa shape index (κ1) is 15.9. The third kappa shape index (κ3) is 3.48. The molecule has 1 heterocycles. The highest BCUT2D eigenvalue weighted by atomic mass is 16.5. The molecule has 3 rings (SSSR count). The van der Waals surface area contributed by atoms with Crippen LogP contribution >= 0.6 is 0 Å². The summed E-state index contributed by atoms with van der Waals surface area (Å²) in [5.74, 6) is 1.13.